The number of imide groups is 1. The summed E-state index contributed by atoms with van der Waals surface area (Å²) in [5.41, 5.74) is 2.46. The number of benzene rings is 2. The van der Waals surface area contributed by atoms with Crippen LogP contribution in [0.5, 0.6) is 0 Å². The van der Waals surface area contributed by atoms with Crippen LogP contribution in [0.25, 0.3) is 17.4 Å². The van der Waals surface area contributed by atoms with Gasteiger partial charge in [-0.3, -0.25) is 29.4 Å². The van der Waals surface area contributed by atoms with Crippen molar-refractivity contribution in [2.75, 3.05) is 13.1 Å². The molecular weight excluding hydrogens is 470 g/mol. The Balaban J connectivity index is 1.29. The van der Waals surface area contributed by atoms with E-state index in [0.29, 0.717) is 18.7 Å². The van der Waals surface area contributed by atoms with E-state index in [1.54, 1.807) is 35.2 Å². The first kappa shape index (κ1) is 22.6. The first-order valence-electron chi connectivity index (χ1n) is 10.8. The minimum absolute atomic E-state index is 0.104. The smallest absolute Gasteiger partial charge is 0.294 e. The fourth-order valence-electron chi connectivity index (χ4n) is 4.13. The van der Waals surface area contributed by atoms with Gasteiger partial charge in [-0.15, -0.1) is 0 Å². The van der Waals surface area contributed by atoms with E-state index in [2.05, 4.69) is 0 Å². The van der Waals surface area contributed by atoms with E-state index >= 15 is 0 Å². The summed E-state index contributed by atoms with van der Waals surface area (Å²) in [6, 6.07) is 17.2. The molecule has 3 aromatic rings. The molecule has 10 heteroatoms. The zero-order chi connectivity index (χ0) is 24.5. The van der Waals surface area contributed by atoms with Crippen LogP contribution in [-0.4, -0.2) is 44.9 Å². The lowest BCUT2D eigenvalue weighted by Gasteiger charge is -2.29. The largest absolute Gasteiger partial charge is 0.456 e. The predicted molar refractivity (Wildman–Crippen MR) is 129 cm³/mol. The Labute approximate surface area is 204 Å². The van der Waals surface area contributed by atoms with Crippen LogP contribution in [-0.2, 0) is 22.6 Å². The van der Waals surface area contributed by atoms with Gasteiger partial charge in [0.15, 0.2) is 0 Å². The Kier molecular flexibility index (Phi) is 5.96. The zero-order valence-electron chi connectivity index (χ0n) is 18.4. The number of para-hydroxylation sites is 1. The van der Waals surface area contributed by atoms with Crippen molar-refractivity contribution in [2.24, 2.45) is 0 Å². The van der Waals surface area contributed by atoms with Crippen molar-refractivity contribution in [3.63, 3.8) is 0 Å². The average Bonchev–Trinajstić information content (AvgIpc) is 3.43. The summed E-state index contributed by atoms with van der Waals surface area (Å²) >= 11 is 0.727. The van der Waals surface area contributed by atoms with Gasteiger partial charge in [-0.05, 0) is 47.5 Å². The molecule has 2 aromatic carbocycles. The molecule has 0 saturated carbocycles. The van der Waals surface area contributed by atoms with Crippen molar-refractivity contribution >= 4 is 40.6 Å². The van der Waals surface area contributed by atoms with Crippen LogP contribution in [0.15, 0.2) is 70.0 Å². The number of hydrogen-bond acceptors (Lipinski definition) is 7. The summed E-state index contributed by atoms with van der Waals surface area (Å²) in [4.78, 5) is 51.7. The molecule has 0 spiro atoms. The second-order valence-corrected chi connectivity index (χ2v) is 9.07. The van der Waals surface area contributed by atoms with Crippen LogP contribution in [0.4, 0.5) is 10.5 Å². The fraction of sp³-hybridized carbons (Fsp3) is 0.160. The molecule has 0 atom stereocenters. The summed E-state index contributed by atoms with van der Waals surface area (Å²) in [5, 5.41) is 10.8. The van der Waals surface area contributed by atoms with Gasteiger partial charge >= 0.3 is 0 Å². The third-order valence-corrected chi connectivity index (χ3v) is 6.82. The van der Waals surface area contributed by atoms with E-state index in [4.69, 9.17) is 4.42 Å². The monoisotopic (exact) mass is 489 g/mol. The molecule has 3 amide bonds. The minimum atomic E-state index is -0.575. The van der Waals surface area contributed by atoms with E-state index < -0.39 is 16.1 Å². The number of nitro groups is 1. The molecule has 0 N–H and O–H groups in total. The van der Waals surface area contributed by atoms with Crippen LogP contribution in [0.3, 0.4) is 0 Å². The average molecular weight is 490 g/mol. The van der Waals surface area contributed by atoms with Gasteiger partial charge in [0, 0.05) is 25.2 Å². The molecule has 35 heavy (non-hydrogen) atoms. The molecular formula is C25H19N3O6S. The van der Waals surface area contributed by atoms with Crippen molar-refractivity contribution < 1.29 is 23.7 Å². The summed E-state index contributed by atoms with van der Waals surface area (Å²) in [6.45, 7) is 0.647. The van der Waals surface area contributed by atoms with Gasteiger partial charge in [-0.1, -0.05) is 36.4 Å². The summed E-state index contributed by atoms with van der Waals surface area (Å²) in [7, 11) is 0. The van der Waals surface area contributed by atoms with E-state index in [1.165, 1.54) is 17.7 Å². The molecule has 9 nitrogen and oxygen atoms in total. The Bertz CT molecular complexity index is 1400. The van der Waals surface area contributed by atoms with Gasteiger partial charge in [0.05, 0.1) is 15.4 Å². The lowest BCUT2D eigenvalue weighted by Crippen LogP contribution is -2.44. The third kappa shape index (κ3) is 4.47. The van der Waals surface area contributed by atoms with Crippen molar-refractivity contribution in [3.05, 3.63) is 92.6 Å². The molecule has 2 aliphatic rings. The number of thioether (sulfide) groups is 1. The van der Waals surface area contributed by atoms with E-state index in [0.717, 1.165) is 28.6 Å². The number of carbonyl (C=O) groups is 3. The molecule has 1 fully saturated rings. The lowest BCUT2D eigenvalue weighted by atomic mass is 10.00. The molecule has 5 rings (SSSR count). The molecule has 1 saturated heterocycles. The number of amides is 3. The van der Waals surface area contributed by atoms with Crippen molar-refractivity contribution in [1.29, 1.82) is 0 Å². The maximum absolute atomic E-state index is 12.9. The number of nitro benzene ring substituents is 1. The molecule has 0 bridgehead atoms. The molecule has 0 radical (unpaired) electrons. The summed E-state index contributed by atoms with van der Waals surface area (Å²) in [5.74, 6) is -0.333. The SMILES string of the molecule is O=C(CN1C(=O)S/C(=C/c2ccc(-c3ccccc3[N+](=O)[O-])o2)C1=O)N1CCc2ccccc2C1. The molecule has 176 valence electrons. The second-order valence-electron chi connectivity index (χ2n) is 8.08. The van der Waals surface area contributed by atoms with Gasteiger partial charge in [-0.2, -0.15) is 0 Å². The topological polar surface area (TPSA) is 114 Å². The number of furan rings is 1. The van der Waals surface area contributed by atoms with Crippen LogP contribution < -0.4 is 0 Å². The normalized spacial score (nSPS) is 16.6. The summed E-state index contributed by atoms with van der Waals surface area (Å²) < 4.78 is 5.70. The highest BCUT2D eigenvalue weighted by Crippen LogP contribution is 2.35. The van der Waals surface area contributed by atoms with Crippen LogP contribution in [0.2, 0.25) is 0 Å². The lowest BCUT2D eigenvalue weighted by molar-refractivity contribution is -0.384. The fourth-order valence-corrected chi connectivity index (χ4v) is 4.94. The maximum atomic E-state index is 12.9. The number of hydrogen-bond donors (Lipinski definition) is 0. The van der Waals surface area contributed by atoms with E-state index in [9.17, 15) is 24.5 Å². The van der Waals surface area contributed by atoms with Gasteiger partial charge in [0.25, 0.3) is 16.8 Å². The Hall–Kier alpha value is -4.18. The van der Waals surface area contributed by atoms with Crippen molar-refractivity contribution in [2.45, 2.75) is 13.0 Å². The van der Waals surface area contributed by atoms with Crippen LogP contribution >= 0.6 is 11.8 Å². The second kappa shape index (κ2) is 9.22. The highest BCUT2D eigenvalue weighted by Gasteiger charge is 2.37. The first-order valence-corrected chi connectivity index (χ1v) is 11.7. The van der Waals surface area contributed by atoms with Crippen molar-refractivity contribution in [1.82, 2.24) is 9.80 Å². The van der Waals surface area contributed by atoms with Crippen molar-refractivity contribution in [3.8, 4) is 11.3 Å². The number of fused-ring (bicyclic) bond motifs is 1. The molecule has 0 unspecified atom stereocenters. The first-order chi connectivity index (χ1) is 16.9. The highest BCUT2D eigenvalue weighted by molar-refractivity contribution is 8.18. The Morgan fingerprint density at radius 2 is 1.80 bits per heavy atom. The number of nitrogens with zero attached hydrogens (tertiary/aromatic N) is 3. The van der Waals surface area contributed by atoms with Gasteiger partial charge in [0.1, 0.15) is 18.1 Å². The molecule has 1 aromatic heterocycles. The maximum Gasteiger partial charge on any atom is 0.294 e. The predicted octanol–water partition coefficient (Wildman–Crippen LogP) is 4.48. The minimum Gasteiger partial charge on any atom is -0.456 e. The molecule has 3 heterocycles. The Morgan fingerprint density at radius 3 is 2.60 bits per heavy atom. The number of rotatable bonds is 5. The standard InChI is InChI=1S/C25H19N3O6S/c29-23(26-12-11-16-5-1-2-6-17(16)14-26)15-27-24(30)22(35-25(27)31)13-18-9-10-21(34-18)19-7-3-4-8-20(19)28(32)33/h1-10,13H,11-12,14-15H2/b22-13+. The van der Waals surface area contributed by atoms with E-state index in [1.807, 2.05) is 24.3 Å². The number of carbonyl (C=O) groups excluding carboxylic acids is 3. The summed E-state index contributed by atoms with van der Waals surface area (Å²) in [6.07, 6.45) is 2.13. The van der Waals surface area contributed by atoms with Crippen LogP contribution in [0.1, 0.15) is 16.9 Å². The van der Waals surface area contributed by atoms with Gasteiger partial charge in [-0.25, -0.2) is 0 Å². The van der Waals surface area contributed by atoms with E-state index in [-0.39, 0.29) is 34.6 Å². The molecule has 2 aliphatic heterocycles. The molecule has 0 aliphatic carbocycles. The highest BCUT2D eigenvalue weighted by atomic mass is 32.2. The third-order valence-electron chi connectivity index (χ3n) is 5.92. The zero-order valence-corrected chi connectivity index (χ0v) is 19.2. The van der Waals surface area contributed by atoms with Crippen LogP contribution in [0, 0.1) is 10.1 Å². The van der Waals surface area contributed by atoms with Gasteiger partial charge in [0.2, 0.25) is 5.91 Å². The van der Waals surface area contributed by atoms with Gasteiger partial charge < -0.3 is 9.32 Å². The quantitative estimate of drug-likeness (QED) is 0.295. The Morgan fingerprint density at radius 1 is 1.06 bits per heavy atom.